The van der Waals surface area contributed by atoms with Crippen LogP contribution in [0.1, 0.15) is 18.1 Å². The number of anilines is 1. The first kappa shape index (κ1) is 22.8. The quantitative estimate of drug-likeness (QED) is 0.245. The SMILES string of the molecule is CN=C(NCCOc1cccc(NC(C)=O)c1)NCc1ccc(C)cc1.I. The Morgan fingerprint density at radius 3 is 2.52 bits per heavy atom. The van der Waals surface area contributed by atoms with Crippen molar-refractivity contribution in [1.29, 1.82) is 0 Å². The molecule has 1 amide bonds. The number of nitrogens with one attached hydrogen (secondary N) is 3. The predicted molar refractivity (Wildman–Crippen MR) is 121 cm³/mol. The van der Waals surface area contributed by atoms with Gasteiger partial charge in [-0.15, -0.1) is 24.0 Å². The molecule has 6 nitrogen and oxygen atoms in total. The Morgan fingerprint density at radius 1 is 1.11 bits per heavy atom. The molecule has 0 aliphatic rings. The topological polar surface area (TPSA) is 74.8 Å². The largest absolute Gasteiger partial charge is 0.492 e. The number of nitrogens with zero attached hydrogens (tertiary/aromatic N) is 1. The number of carbonyl (C=O) groups excluding carboxylic acids is 1. The van der Waals surface area contributed by atoms with Crippen LogP contribution in [0.4, 0.5) is 5.69 Å². The molecule has 2 aromatic rings. The predicted octanol–water partition coefficient (Wildman–Crippen LogP) is 3.32. The van der Waals surface area contributed by atoms with Crippen LogP contribution in [-0.2, 0) is 11.3 Å². The number of guanidine groups is 1. The Balaban J connectivity index is 0.00000364. The summed E-state index contributed by atoms with van der Waals surface area (Å²) < 4.78 is 5.70. The van der Waals surface area contributed by atoms with Crippen LogP contribution in [0.2, 0.25) is 0 Å². The molecule has 0 atom stereocenters. The van der Waals surface area contributed by atoms with Gasteiger partial charge >= 0.3 is 0 Å². The molecule has 0 bridgehead atoms. The van der Waals surface area contributed by atoms with Crippen LogP contribution in [0.3, 0.4) is 0 Å². The van der Waals surface area contributed by atoms with E-state index in [9.17, 15) is 4.79 Å². The third-order valence-electron chi connectivity index (χ3n) is 3.62. The molecule has 0 heterocycles. The lowest BCUT2D eigenvalue weighted by atomic mass is 10.1. The Kier molecular flexibility index (Phi) is 10.2. The first-order valence-electron chi connectivity index (χ1n) is 8.57. The summed E-state index contributed by atoms with van der Waals surface area (Å²) in [4.78, 5) is 15.3. The number of benzene rings is 2. The first-order valence-corrected chi connectivity index (χ1v) is 8.57. The number of aliphatic imine (C=N–C) groups is 1. The van der Waals surface area contributed by atoms with Crippen LogP contribution < -0.4 is 20.7 Å². The van der Waals surface area contributed by atoms with Gasteiger partial charge in [-0.05, 0) is 24.6 Å². The van der Waals surface area contributed by atoms with Crippen molar-refractivity contribution in [3.63, 3.8) is 0 Å². The van der Waals surface area contributed by atoms with E-state index in [1.165, 1.54) is 18.1 Å². The standard InChI is InChI=1S/C20H26N4O2.HI/c1-15-7-9-17(10-8-15)14-23-20(21-3)22-11-12-26-19-6-4-5-18(13-19)24-16(2)25;/h4-10,13H,11-12,14H2,1-3H3,(H,24,25)(H2,21,22,23);1H. The van der Waals surface area contributed by atoms with Gasteiger partial charge in [-0.3, -0.25) is 9.79 Å². The van der Waals surface area contributed by atoms with Crippen LogP contribution in [0.5, 0.6) is 5.75 Å². The number of rotatable bonds is 7. The fourth-order valence-corrected chi connectivity index (χ4v) is 2.32. The molecule has 3 N–H and O–H groups in total. The third-order valence-corrected chi connectivity index (χ3v) is 3.62. The Morgan fingerprint density at radius 2 is 1.85 bits per heavy atom. The van der Waals surface area contributed by atoms with Crippen LogP contribution in [-0.4, -0.2) is 32.1 Å². The number of amides is 1. The number of hydrogen-bond donors (Lipinski definition) is 3. The highest BCUT2D eigenvalue weighted by Gasteiger charge is 2.01. The van der Waals surface area contributed by atoms with Gasteiger partial charge in [0, 0.05) is 32.3 Å². The molecule has 2 aromatic carbocycles. The van der Waals surface area contributed by atoms with Crippen molar-refractivity contribution in [2.24, 2.45) is 4.99 Å². The van der Waals surface area contributed by atoms with Crippen molar-refractivity contribution in [3.8, 4) is 5.75 Å². The Hall–Kier alpha value is -2.29. The fourth-order valence-electron chi connectivity index (χ4n) is 2.32. The monoisotopic (exact) mass is 482 g/mol. The van der Waals surface area contributed by atoms with Crippen LogP contribution in [0, 0.1) is 6.92 Å². The van der Waals surface area contributed by atoms with Gasteiger partial charge in [0.15, 0.2) is 5.96 Å². The normalized spacial score (nSPS) is 10.6. The molecule has 0 saturated heterocycles. The smallest absolute Gasteiger partial charge is 0.221 e. The van der Waals surface area contributed by atoms with E-state index in [-0.39, 0.29) is 29.9 Å². The Bertz CT molecular complexity index is 748. The van der Waals surface area contributed by atoms with E-state index in [0.29, 0.717) is 25.4 Å². The van der Waals surface area contributed by atoms with Crippen LogP contribution in [0.15, 0.2) is 53.5 Å². The number of carbonyl (C=O) groups is 1. The van der Waals surface area contributed by atoms with Gasteiger partial charge in [0.1, 0.15) is 12.4 Å². The van der Waals surface area contributed by atoms with Crippen LogP contribution >= 0.6 is 24.0 Å². The number of aryl methyl sites for hydroxylation is 1. The summed E-state index contributed by atoms with van der Waals surface area (Å²) in [5.74, 6) is 1.33. The van der Waals surface area contributed by atoms with Gasteiger partial charge in [-0.2, -0.15) is 0 Å². The molecule has 0 aromatic heterocycles. The summed E-state index contributed by atoms with van der Waals surface area (Å²) in [5, 5.41) is 9.22. The molecule has 7 heteroatoms. The van der Waals surface area contributed by atoms with Crippen molar-refractivity contribution in [1.82, 2.24) is 10.6 Å². The van der Waals surface area contributed by atoms with Crippen molar-refractivity contribution < 1.29 is 9.53 Å². The minimum absolute atomic E-state index is 0. The first-order chi connectivity index (χ1) is 12.6. The summed E-state index contributed by atoms with van der Waals surface area (Å²) in [6.07, 6.45) is 0. The lowest BCUT2D eigenvalue weighted by Gasteiger charge is -2.13. The molecule has 0 saturated carbocycles. The van der Waals surface area contributed by atoms with E-state index in [1.54, 1.807) is 13.1 Å². The maximum Gasteiger partial charge on any atom is 0.221 e. The number of hydrogen-bond acceptors (Lipinski definition) is 3. The highest BCUT2D eigenvalue weighted by molar-refractivity contribution is 14.0. The molecular formula is C20H27IN4O2. The van der Waals surface area contributed by atoms with Gasteiger partial charge in [0.25, 0.3) is 0 Å². The maximum absolute atomic E-state index is 11.1. The molecule has 0 fully saturated rings. The summed E-state index contributed by atoms with van der Waals surface area (Å²) in [7, 11) is 1.74. The molecule has 0 aliphatic carbocycles. The van der Waals surface area contributed by atoms with Crippen LogP contribution in [0.25, 0.3) is 0 Å². The van der Waals surface area contributed by atoms with Gasteiger partial charge in [-0.1, -0.05) is 35.9 Å². The minimum atomic E-state index is -0.104. The average Bonchev–Trinajstić information content (AvgIpc) is 2.62. The zero-order valence-corrected chi connectivity index (χ0v) is 18.2. The van der Waals surface area contributed by atoms with Crippen molar-refractivity contribution in [2.75, 3.05) is 25.5 Å². The molecule has 2 rings (SSSR count). The van der Waals surface area contributed by atoms with Gasteiger partial charge < -0.3 is 20.7 Å². The molecule has 0 unspecified atom stereocenters. The van der Waals surface area contributed by atoms with E-state index in [0.717, 1.165) is 11.6 Å². The van der Waals surface area contributed by atoms with E-state index >= 15 is 0 Å². The molecule has 0 radical (unpaired) electrons. The minimum Gasteiger partial charge on any atom is -0.492 e. The zero-order valence-electron chi connectivity index (χ0n) is 15.9. The highest BCUT2D eigenvalue weighted by Crippen LogP contribution is 2.16. The number of halogens is 1. The summed E-state index contributed by atoms with van der Waals surface area (Å²) in [5.41, 5.74) is 3.17. The molecule has 0 spiro atoms. The summed E-state index contributed by atoms with van der Waals surface area (Å²) in [6.45, 7) is 5.35. The van der Waals surface area contributed by atoms with Gasteiger partial charge in [-0.25, -0.2) is 0 Å². The Labute approximate surface area is 177 Å². The lowest BCUT2D eigenvalue weighted by molar-refractivity contribution is -0.114. The third kappa shape index (κ3) is 8.76. The zero-order chi connectivity index (χ0) is 18.8. The second-order valence-electron chi connectivity index (χ2n) is 5.90. The lowest BCUT2D eigenvalue weighted by Crippen LogP contribution is -2.38. The summed E-state index contributed by atoms with van der Waals surface area (Å²) >= 11 is 0. The van der Waals surface area contributed by atoms with E-state index in [1.807, 2.05) is 18.2 Å². The molecule has 0 aliphatic heterocycles. The van der Waals surface area contributed by atoms with E-state index < -0.39 is 0 Å². The van der Waals surface area contributed by atoms with Crippen molar-refractivity contribution >= 4 is 41.5 Å². The second kappa shape index (κ2) is 12.2. The molecule has 146 valence electrons. The molecule has 27 heavy (non-hydrogen) atoms. The highest BCUT2D eigenvalue weighted by atomic mass is 127. The average molecular weight is 482 g/mol. The van der Waals surface area contributed by atoms with E-state index in [2.05, 4.69) is 52.1 Å². The molecular weight excluding hydrogens is 455 g/mol. The maximum atomic E-state index is 11.1. The van der Waals surface area contributed by atoms with Crippen molar-refractivity contribution in [3.05, 3.63) is 59.7 Å². The van der Waals surface area contributed by atoms with E-state index in [4.69, 9.17) is 4.74 Å². The second-order valence-corrected chi connectivity index (χ2v) is 5.90. The fraction of sp³-hybridized carbons (Fsp3) is 0.300. The van der Waals surface area contributed by atoms with Gasteiger partial charge in [0.2, 0.25) is 5.91 Å². The van der Waals surface area contributed by atoms with Gasteiger partial charge in [0.05, 0.1) is 6.54 Å². The van der Waals surface area contributed by atoms with Crippen molar-refractivity contribution in [2.45, 2.75) is 20.4 Å². The summed E-state index contributed by atoms with van der Waals surface area (Å²) in [6, 6.07) is 15.7. The number of ether oxygens (including phenoxy) is 1.